The Morgan fingerprint density at radius 1 is 1.29 bits per heavy atom. The molecule has 1 aromatic carbocycles. The molecule has 0 aliphatic heterocycles. The summed E-state index contributed by atoms with van der Waals surface area (Å²) in [6.45, 7) is 2.55. The molecule has 88 valence electrons. The molecule has 0 bridgehead atoms. The minimum absolute atomic E-state index is 0.226. The molecule has 0 unspecified atom stereocenters. The molecule has 0 saturated heterocycles. The summed E-state index contributed by atoms with van der Waals surface area (Å²) in [7, 11) is 0. The van der Waals surface area contributed by atoms with E-state index in [4.69, 9.17) is 5.73 Å². The highest BCUT2D eigenvalue weighted by atomic mass is 19.1. The van der Waals surface area contributed by atoms with E-state index in [0.717, 1.165) is 16.9 Å². The van der Waals surface area contributed by atoms with Crippen LogP contribution in [-0.4, -0.2) is 4.98 Å². The van der Waals surface area contributed by atoms with E-state index in [2.05, 4.69) is 10.3 Å². The van der Waals surface area contributed by atoms with Gasteiger partial charge in [-0.25, -0.2) is 9.37 Å². The predicted octanol–water partition coefficient (Wildman–Crippen LogP) is 2.72. The Morgan fingerprint density at radius 2 is 2.00 bits per heavy atom. The van der Waals surface area contributed by atoms with Crippen LogP contribution in [0, 0.1) is 12.7 Å². The third-order valence-corrected chi connectivity index (χ3v) is 2.47. The van der Waals surface area contributed by atoms with Gasteiger partial charge in [0.25, 0.3) is 0 Å². The Labute approximate surface area is 99.5 Å². The lowest BCUT2D eigenvalue weighted by Gasteiger charge is -2.08. The first kappa shape index (κ1) is 11.4. The van der Waals surface area contributed by atoms with Crippen LogP contribution in [0.25, 0.3) is 0 Å². The monoisotopic (exact) mass is 231 g/mol. The van der Waals surface area contributed by atoms with Crippen molar-refractivity contribution in [2.24, 2.45) is 0 Å². The first-order chi connectivity index (χ1) is 8.15. The van der Waals surface area contributed by atoms with Gasteiger partial charge in [-0.3, -0.25) is 0 Å². The number of nitrogens with zero attached hydrogens (tertiary/aromatic N) is 1. The van der Waals surface area contributed by atoms with Crippen molar-refractivity contribution >= 4 is 11.5 Å². The summed E-state index contributed by atoms with van der Waals surface area (Å²) in [4.78, 5) is 4.20. The number of halogens is 1. The molecule has 1 aromatic heterocycles. The molecule has 4 heteroatoms. The minimum Gasteiger partial charge on any atom is -0.397 e. The van der Waals surface area contributed by atoms with Gasteiger partial charge in [0.1, 0.15) is 11.6 Å². The second-order valence-corrected chi connectivity index (χ2v) is 3.91. The molecule has 0 amide bonds. The summed E-state index contributed by atoms with van der Waals surface area (Å²) in [6.07, 6.45) is 1.61. The van der Waals surface area contributed by atoms with Crippen molar-refractivity contribution in [2.45, 2.75) is 13.5 Å². The second-order valence-electron chi connectivity index (χ2n) is 3.91. The van der Waals surface area contributed by atoms with Gasteiger partial charge in [0.15, 0.2) is 0 Å². The van der Waals surface area contributed by atoms with E-state index in [9.17, 15) is 4.39 Å². The number of rotatable bonds is 3. The van der Waals surface area contributed by atoms with Gasteiger partial charge in [-0.2, -0.15) is 0 Å². The van der Waals surface area contributed by atoms with Gasteiger partial charge in [0.2, 0.25) is 0 Å². The van der Waals surface area contributed by atoms with Gasteiger partial charge >= 0.3 is 0 Å². The maximum Gasteiger partial charge on any atom is 0.129 e. The van der Waals surface area contributed by atoms with Crippen molar-refractivity contribution < 1.29 is 4.39 Å². The van der Waals surface area contributed by atoms with Crippen molar-refractivity contribution in [1.82, 2.24) is 4.98 Å². The van der Waals surface area contributed by atoms with Gasteiger partial charge in [0.05, 0.1) is 11.9 Å². The van der Waals surface area contributed by atoms with Crippen LogP contribution >= 0.6 is 0 Å². The number of pyridine rings is 1. The molecule has 2 aromatic rings. The lowest BCUT2D eigenvalue weighted by Crippen LogP contribution is -2.03. The summed E-state index contributed by atoms with van der Waals surface area (Å²) in [5, 5.41) is 3.19. The molecular weight excluding hydrogens is 217 g/mol. The molecule has 0 radical (unpaired) electrons. The third-order valence-electron chi connectivity index (χ3n) is 2.47. The summed E-state index contributed by atoms with van der Waals surface area (Å²) < 4.78 is 12.7. The van der Waals surface area contributed by atoms with Crippen LogP contribution in [0.2, 0.25) is 0 Å². The zero-order valence-corrected chi connectivity index (χ0v) is 9.57. The maximum absolute atomic E-state index is 12.7. The van der Waals surface area contributed by atoms with Crippen molar-refractivity contribution in [1.29, 1.82) is 0 Å². The molecule has 1 heterocycles. The van der Waals surface area contributed by atoms with Crippen molar-refractivity contribution in [3.05, 3.63) is 53.5 Å². The van der Waals surface area contributed by atoms with Crippen LogP contribution in [0.4, 0.5) is 15.9 Å². The van der Waals surface area contributed by atoms with Crippen LogP contribution in [0.1, 0.15) is 11.1 Å². The fraction of sp³-hybridized carbons (Fsp3) is 0.154. The van der Waals surface area contributed by atoms with E-state index in [1.807, 2.05) is 13.0 Å². The number of aromatic nitrogens is 1. The van der Waals surface area contributed by atoms with Crippen LogP contribution in [0.15, 0.2) is 36.5 Å². The van der Waals surface area contributed by atoms with E-state index in [0.29, 0.717) is 12.2 Å². The summed E-state index contributed by atoms with van der Waals surface area (Å²) in [5.74, 6) is 0.569. The average molecular weight is 231 g/mol. The van der Waals surface area contributed by atoms with Gasteiger partial charge in [-0.1, -0.05) is 12.1 Å². The van der Waals surface area contributed by atoms with Gasteiger partial charge in [-0.05, 0) is 36.2 Å². The van der Waals surface area contributed by atoms with E-state index >= 15 is 0 Å². The van der Waals surface area contributed by atoms with E-state index in [1.54, 1.807) is 18.3 Å². The number of nitrogens with two attached hydrogens (primary N) is 1. The minimum atomic E-state index is -0.226. The van der Waals surface area contributed by atoms with E-state index < -0.39 is 0 Å². The molecule has 0 aliphatic rings. The lowest BCUT2D eigenvalue weighted by atomic mass is 10.2. The average Bonchev–Trinajstić information content (AvgIpc) is 2.30. The van der Waals surface area contributed by atoms with Gasteiger partial charge in [-0.15, -0.1) is 0 Å². The highest BCUT2D eigenvalue weighted by Gasteiger charge is 2.00. The number of hydrogen-bond donors (Lipinski definition) is 2. The van der Waals surface area contributed by atoms with Crippen LogP contribution in [0.5, 0.6) is 0 Å². The molecule has 0 atom stereocenters. The quantitative estimate of drug-likeness (QED) is 0.854. The standard InChI is InChI=1S/C13H14FN3/c1-9-6-12(15)8-17-13(9)16-7-10-2-4-11(14)5-3-10/h2-6,8H,7,15H2,1H3,(H,16,17). The van der Waals surface area contributed by atoms with Gasteiger partial charge in [0, 0.05) is 6.54 Å². The molecular formula is C13H14FN3. The van der Waals surface area contributed by atoms with Crippen LogP contribution in [0.3, 0.4) is 0 Å². The van der Waals surface area contributed by atoms with Crippen molar-refractivity contribution in [2.75, 3.05) is 11.1 Å². The molecule has 0 spiro atoms. The SMILES string of the molecule is Cc1cc(N)cnc1NCc1ccc(F)cc1. The topological polar surface area (TPSA) is 50.9 Å². The molecule has 0 aliphatic carbocycles. The van der Waals surface area contributed by atoms with Crippen molar-refractivity contribution in [3.63, 3.8) is 0 Å². The highest BCUT2D eigenvalue weighted by Crippen LogP contribution is 2.15. The number of hydrogen-bond acceptors (Lipinski definition) is 3. The first-order valence-corrected chi connectivity index (χ1v) is 5.35. The van der Waals surface area contributed by atoms with Gasteiger partial charge < -0.3 is 11.1 Å². The van der Waals surface area contributed by atoms with Crippen molar-refractivity contribution in [3.8, 4) is 0 Å². The van der Waals surface area contributed by atoms with Crippen LogP contribution in [-0.2, 0) is 6.54 Å². The molecule has 0 saturated carbocycles. The number of nitrogen functional groups attached to an aromatic ring is 1. The Hall–Kier alpha value is -2.10. The third kappa shape index (κ3) is 2.93. The Kier molecular flexibility index (Phi) is 3.23. The summed E-state index contributed by atoms with van der Waals surface area (Å²) in [5.41, 5.74) is 8.26. The predicted molar refractivity (Wildman–Crippen MR) is 67.1 cm³/mol. The first-order valence-electron chi connectivity index (χ1n) is 5.35. The molecule has 3 nitrogen and oxygen atoms in total. The number of aryl methyl sites for hydroxylation is 1. The Balaban J connectivity index is 2.04. The van der Waals surface area contributed by atoms with Crippen LogP contribution < -0.4 is 11.1 Å². The summed E-state index contributed by atoms with van der Waals surface area (Å²) in [6, 6.07) is 8.24. The Morgan fingerprint density at radius 3 is 2.65 bits per heavy atom. The Bertz CT molecular complexity index is 509. The normalized spacial score (nSPS) is 10.2. The maximum atomic E-state index is 12.7. The smallest absolute Gasteiger partial charge is 0.129 e. The molecule has 2 rings (SSSR count). The highest BCUT2D eigenvalue weighted by molar-refractivity contribution is 5.50. The molecule has 17 heavy (non-hydrogen) atoms. The van der Waals surface area contributed by atoms with E-state index in [1.165, 1.54) is 12.1 Å². The number of nitrogens with one attached hydrogen (secondary N) is 1. The number of anilines is 2. The largest absolute Gasteiger partial charge is 0.397 e. The zero-order chi connectivity index (χ0) is 12.3. The lowest BCUT2D eigenvalue weighted by molar-refractivity contribution is 0.627. The number of benzene rings is 1. The second kappa shape index (κ2) is 4.82. The zero-order valence-electron chi connectivity index (χ0n) is 9.57. The van der Waals surface area contributed by atoms with E-state index in [-0.39, 0.29) is 5.82 Å². The fourth-order valence-corrected chi connectivity index (χ4v) is 1.57. The summed E-state index contributed by atoms with van der Waals surface area (Å²) >= 11 is 0. The molecule has 0 fully saturated rings. The molecule has 3 N–H and O–H groups in total. The fourth-order valence-electron chi connectivity index (χ4n) is 1.57.